The first kappa shape index (κ1) is 19.5. The van der Waals surface area contributed by atoms with E-state index in [0.717, 1.165) is 36.8 Å². The van der Waals surface area contributed by atoms with Crippen LogP contribution >= 0.6 is 11.3 Å². The molecule has 2 aromatic heterocycles. The molecule has 0 aromatic carbocycles. The summed E-state index contributed by atoms with van der Waals surface area (Å²) in [6.45, 7) is 9.72. The lowest BCUT2D eigenvalue weighted by Crippen LogP contribution is -2.53. The standard InChI is InChI=1S/C18H26N6O2S/c1-18(2,3)14-12-19-15(26-14)6-5-13-11-20-17(27-13)21-16(25)22-24-9-7-23(4)8-10-24/h5-6,11-12H,7-10H2,1-4H3,(H2,20,21,22,25)/b6-5+. The fraction of sp³-hybridized carbons (Fsp3) is 0.500. The third-order valence-electron chi connectivity index (χ3n) is 4.16. The van der Waals surface area contributed by atoms with Gasteiger partial charge in [0.2, 0.25) is 5.89 Å². The van der Waals surface area contributed by atoms with Gasteiger partial charge in [0.25, 0.3) is 0 Å². The number of nitrogens with zero attached hydrogens (tertiary/aromatic N) is 4. The van der Waals surface area contributed by atoms with Crippen molar-refractivity contribution in [1.82, 2.24) is 25.3 Å². The molecule has 3 rings (SSSR count). The third kappa shape index (κ3) is 5.62. The van der Waals surface area contributed by atoms with Gasteiger partial charge in [0.05, 0.1) is 6.20 Å². The van der Waals surface area contributed by atoms with E-state index in [1.54, 1.807) is 18.5 Å². The average molecular weight is 391 g/mol. The SMILES string of the molecule is CN1CCN(NC(=O)Nc2ncc(/C=C/c3ncc(C(C)(C)C)o3)s2)CC1. The number of hydrogen-bond acceptors (Lipinski definition) is 7. The Bertz CT molecular complexity index is 799. The molecule has 1 saturated heterocycles. The topological polar surface area (TPSA) is 86.5 Å². The van der Waals surface area contributed by atoms with E-state index < -0.39 is 0 Å². The molecule has 0 atom stereocenters. The number of amides is 2. The summed E-state index contributed by atoms with van der Waals surface area (Å²) in [6, 6.07) is -0.271. The van der Waals surface area contributed by atoms with Crippen LogP contribution in [-0.4, -0.2) is 59.1 Å². The maximum Gasteiger partial charge on any atom is 0.335 e. The first-order valence-corrected chi connectivity index (χ1v) is 9.72. The number of hydrogen-bond donors (Lipinski definition) is 2. The monoisotopic (exact) mass is 390 g/mol. The number of likely N-dealkylation sites (N-methyl/N-ethyl adjacent to an activating group) is 1. The molecule has 0 spiro atoms. The lowest BCUT2D eigenvalue weighted by molar-refractivity contribution is 0.116. The van der Waals surface area contributed by atoms with E-state index in [-0.39, 0.29) is 11.4 Å². The molecule has 0 radical (unpaired) electrons. The van der Waals surface area contributed by atoms with Crippen molar-refractivity contribution >= 4 is 34.7 Å². The van der Waals surface area contributed by atoms with Crippen molar-refractivity contribution in [2.24, 2.45) is 0 Å². The Morgan fingerprint density at radius 3 is 2.59 bits per heavy atom. The number of carbonyl (C=O) groups is 1. The molecule has 0 bridgehead atoms. The predicted octanol–water partition coefficient (Wildman–Crippen LogP) is 2.88. The molecule has 1 fully saturated rings. The van der Waals surface area contributed by atoms with Gasteiger partial charge >= 0.3 is 6.03 Å². The van der Waals surface area contributed by atoms with E-state index in [4.69, 9.17) is 4.42 Å². The molecule has 146 valence electrons. The van der Waals surface area contributed by atoms with Gasteiger partial charge in [-0.3, -0.25) is 10.7 Å². The van der Waals surface area contributed by atoms with Crippen LogP contribution < -0.4 is 10.7 Å². The number of anilines is 1. The maximum absolute atomic E-state index is 12.1. The maximum atomic E-state index is 12.1. The van der Waals surface area contributed by atoms with Crippen molar-refractivity contribution in [2.75, 3.05) is 38.5 Å². The number of piperazine rings is 1. The molecule has 0 saturated carbocycles. The minimum Gasteiger partial charge on any atom is -0.441 e. The molecule has 2 N–H and O–H groups in total. The van der Waals surface area contributed by atoms with E-state index >= 15 is 0 Å². The van der Waals surface area contributed by atoms with Crippen LogP contribution in [0.3, 0.4) is 0 Å². The third-order valence-corrected chi connectivity index (χ3v) is 5.04. The second-order valence-electron chi connectivity index (χ2n) is 7.57. The zero-order valence-electron chi connectivity index (χ0n) is 16.2. The van der Waals surface area contributed by atoms with E-state index in [1.165, 1.54) is 11.3 Å². The number of oxazole rings is 1. The van der Waals surface area contributed by atoms with Gasteiger partial charge in [0.15, 0.2) is 5.13 Å². The smallest absolute Gasteiger partial charge is 0.335 e. The van der Waals surface area contributed by atoms with E-state index in [2.05, 4.69) is 53.4 Å². The second kappa shape index (κ2) is 8.20. The van der Waals surface area contributed by atoms with Crippen molar-refractivity contribution in [2.45, 2.75) is 26.2 Å². The zero-order chi connectivity index (χ0) is 19.4. The fourth-order valence-corrected chi connectivity index (χ4v) is 3.19. The van der Waals surface area contributed by atoms with E-state index in [9.17, 15) is 4.79 Å². The molecule has 0 unspecified atom stereocenters. The average Bonchev–Trinajstić information content (AvgIpc) is 3.24. The van der Waals surface area contributed by atoms with E-state index in [0.29, 0.717) is 11.0 Å². The summed E-state index contributed by atoms with van der Waals surface area (Å²) in [7, 11) is 2.07. The van der Waals surface area contributed by atoms with Crippen molar-refractivity contribution in [3.63, 3.8) is 0 Å². The Morgan fingerprint density at radius 1 is 1.19 bits per heavy atom. The second-order valence-corrected chi connectivity index (χ2v) is 8.63. The number of nitrogens with one attached hydrogen (secondary N) is 2. The van der Waals surface area contributed by atoms with Gasteiger partial charge in [-0.1, -0.05) is 32.1 Å². The lowest BCUT2D eigenvalue weighted by Gasteiger charge is -2.32. The van der Waals surface area contributed by atoms with Crippen LogP contribution in [0.2, 0.25) is 0 Å². The zero-order valence-corrected chi connectivity index (χ0v) is 17.0. The van der Waals surface area contributed by atoms with Crippen LogP contribution in [0.1, 0.15) is 37.3 Å². The number of hydrazine groups is 1. The Hall–Kier alpha value is -2.23. The van der Waals surface area contributed by atoms with Crippen molar-refractivity contribution in [3.05, 3.63) is 28.9 Å². The molecule has 1 aliphatic heterocycles. The molecule has 9 heteroatoms. The summed E-state index contributed by atoms with van der Waals surface area (Å²) in [4.78, 5) is 23.7. The van der Waals surface area contributed by atoms with Gasteiger partial charge in [-0.2, -0.15) is 0 Å². The van der Waals surface area contributed by atoms with Crippen LogP contribution in [0.4, 0.5) is 9.93 Å². The van der Waals surface area contributed by atoms with Crippen LogP contribution in [0.5, 0.6) is 0 Å². The van der Waals surface area contributed by atoms with Gasteiger partial charge in [-0.15, -0.1) is 0 Å². The predicted molar refractivity (Wildman–Crippen MR) is 107 cm³/mol. The molecule has 8 nitrogen and oxygen atoms in total. The molecule has 3 heterocycles. The first-order chi connectivity index (χ1) is 12.8. The summed E-state index contributed by atoms with van der Waals surface area (Å²) < 4.78 is 5.73. The summed E-state index contributed by atoms with van der Waals surface area (Å²) in [5, 5.41) is 5.23. The van der Waals surface area contributed by atoms with Gasteiger partial charge in [0, 0.05) is 48.7 Å². The Kier molecular flexibility index (Phi) is 5.93. The Morgan fingerprint density at radius 2 is 1.93 bits per heavy atom. The largest absolute Gasteiger partial charge is 0.441 e. The number of aromatic nitrogens is 2. The minimum atomic E-state index is -0.271. The molecular weight excluding hydrogens is 364 g/mol. The summed E-state index contributed by atoms with van der Waals surface area (Å²) in [5.74, 6) is 1.39. The highest BCUT2D eigenvalue weighted by Gasteiger charge is 2.18. The fourth-order valence-electron chi connectivity index (χ4n) is 2.47. The molecule has 27 heavy (non-hydrogen) atoms. The lowest BCUT2D eigenvalue weighted by atomic mass is 9.94. The number of rotatable bonds is 4. The van der Waals surface area contributed by atoms with Crippen LogP contribution in [0.15, 0.2) is 16.8 Å². The van der Waals surface area contributed by atoms with Gasteiger partial charge in [-0.25, -0.2) is 19.8 Å². The Labute approximate surface area is 163 Å². The van der Waals surface area contributed by atoms with Crippen LogP contribution in [0.25, 0.3) is 12.2 Å². The van der Waals surface area contributed by atoms with Crippen LogP contribution in [-0.2, 0) is 5.41 Å². The highest BCUT2D eigenvalue weighted by molar-refractivity contribution is 7.16. The van der Waals surface area contributed by atoms with Crippen molar-refractivity contribution in [3.8, 4) is 0 Å². The number of thiazole rings is 1. The Balaban J connectivity index is 1.52. The van der Waals surface area contributed by atoms with Gasteiger partial charge < -0.3 is 9.32 Å². The molecule has 0 aliphatic carbocycles. The summed E-state index contributed by atoms with van der Waals surface area (Å²) >= 11 is 1.39. The van der Waals surface area contributed by atoms with Crippen LogP contribution in [0, 0.1) is 0 Å². The van der Waals surface area contributed by atoms with Gasteiger partial charge in [-0.05, 0) is 13.1 Å². The van der Waals surface area contributed by atoms with Gasteiger partial charge in [0.1, 0.15) is 5.76 Å². The first-order valence-electron chi connectivity index (χ1n) is 8.91. The quantitative estimate of drug-likeness (QED) is 0.835. The number of urea groups is 1. The highest BCUT2D eigenvalue weighted by Crippen LogP contribution is 2.24. The molecule has 1 aliphatic rings. The van der Waals surface area contributed by atoms with E-state index in [1.807, 2.05) is 11.1 Å². The summed E-state index contributed by atoms with van der Waals surface area (Å²) in [5.41, 5.74) is 2.78. The van der Waals surface area contributed by atoms with Crippen molar-refractivity contribution in [1.29, 1.82) is 0 Å². The minimum absolute atomic E-state index is 0.0716. The number of carbonyl (C=O) groups excluding carboxylic acids is 1. The van der Waals surface area contributed by atoms with Crippen molar-refractivity contribution < 1.29 is 9.21 Å². The summed E-state index contributed by atoms with van der Waals surface area (Å²) in [6.07, 6.45) is 7.14. The molecular formula is C18H26N6O2S. The highest BCUT2D eigenvalue weighted by atomic mass is 32.1. The molecule has 2 amide bonds. The molecule has 2 aromatic rings. The normalized spacial score (nSPS) is 16.7.